The molecule has 0 spiro atoms. The number of hydrogen-bond donors (Lipinski definition) is 2. The Morgan fingerprint density at radius 3 is 2.61 bits per heavy atom. The number of carbonyl (C=O) groups is 2. The number of ether oxygens (including phenoxy) is 1. The van der Waals surface area contributed by atoms with Crippen LogP contribution < -0.4 is 15.6 Å². The van der Waals surface area contributed by atoms with Gasteiger partial charge >= 0.3 is 0 Å². The zero-order chi connectivity index (χ0) is 16.2. The quantitative estimate of drug-likeness (QED) is 0.812. The van der Waals surface area contributed by atoms with Crippen molar-refractivity contribution in [3.63, 3.8) is 0 Å². The maximum Gasteiger partial charge on any atom is 0.276 e. The van der Waals surface area contributed by atoms with E-state index >= 15 is 0 Å². The molecule has 5 nitrogen and oxygen atoms in total. The zero-order valence-electron chi connectivity index (χ0n) is 12.9. The fraction of sp³-hybridized carbons (Fsp3) is 0.529. The van der Waals surface area contributed by atoms with Crippen molar-refractivity contribution in [1.82, 2.24) is 10.9 Å². The highest BCUT2D eigenvalue weighted by molar-refractivity contribution is 6.32. The van der Waals surface area contributed by atoms with Gasteiger partial charge in [-0.05, 0) is 49.1 Å². The maximum atomic E-state index is 11.9. The van der Waals surface area contributed by atoms with E-state index in [1.165, 1.54) is 19.3 Å². The molecule has 1 aromatic carbocycles. The van der Waals surface area contributed by atoms with Gasteiger partial charge in [0, 0.05) is 6.42 Å². The van der Waals surface area contributed by atoms with Gasteiger partial charge in [0.15, 0.2) is 6.61 Å². The molecule has 2 fully saturated rings. The van der Waals surface area contributed by atoms with Crippen LogP contribution in [0.25, 0.3) is 0 Å². The minimum absolute atomic E-state index is 0.131. The topological polar surface area (TPSA) is 67.4 Å². The van der Waals surface area contributed by atoms with Crippen molar-refractivity contribution >= 4 is 23.4 Å². The molecule has 0 aromatic heterocycles. The van der Waals surface area contributed by atoms with E-state index in [4.69, 9.17) is 16.3 Å². The van der Waals surface area contributed by atoms with Crippen molar-refractivity contribution in [2.45, 2.75) is 32.1 Å². The van der Waals surface area contributed by atoms with Gasteiger partial charge in [0.05, 0.1) is 5.02 Å². The van der Waals surface area contributed by atoms with E-state index in [1.807, 2.05) is 0 Å². The number of hydrogen-bond acceptors (Lipinski definition) is 3. The summed E-state index contributed by atoms with van der Waals surface area (Å²) in [4.78, 5) is 23.6. The molecule has 6 heteroatoms. The van der Waals surface area contributed by atoms with Crippen LogP contribution in [0.4, 0.5) is 0 Å². The van der Waals surface area contributed by atoms with Gasteiger partial charge in [-0.15, -0.1) is 0 Å². The largest absolute Gasteiger partial charge is 0.482 e. The highest BCUT2D eigenvalue weighted by atomic mass is 35.5. The predicted molar refractivity (Wildman–Crippen MR) is 86.8 cm³/mol. The van der Waals surface area contributed by atoms with Gasteiger partial charge in [-0.1, -0.05) is 30.2 Å². The van der Waals surface area contributed by atoms with Crippen molar-refractivity contribution in [2.75, 3.05) is 6.61 Å². The number of nitrogens with one attached hydrogen (secondary N) is 2. The van der Waals surface area contributed by atoms with Crippen LogP contribution in [0.5, 0.6) is 5.75 Å². The average Bonchev–Trinajstić information content (AvgIpc) is 3.15. The van der Waals surface area contributed by atoms with Gasteiger partial charge in [-0.2, -0.15) is 0 Å². The van der Waals surface area contributed by atoms with Gasteiger partial charge in [0.1, 0.15) is 5.75 Å². The van der Waals surface area contributed by atoms with Crippen molar-refractivity contribution < 1.29 is 14.3 Å². The van der Waals surface area contributed by atoms with Crippen molar-refractivity contribution in [2.24, 2.45) is 17.8 Å². The highest BCUT2D eigenvalue weighted by Crippen LogP contribution is 2.49. The third-order valence-corrected chi connectivity index (χ3v) is 5.18. The Morgan fingerprint density at radius 2 is 1.91 bits per heavy atom. The maximum absolute atomic E-state index is 11.9. The van der Waals surface area contributed by atoms with Crippen LogP contribution in [0, 0.1) is 17.8 Å². The highest BCUT2D eigenvalue weighted by Gasteiger charge is 2.40. The zero-order valence-corrected chi connectivity index (χ0v) is 13.6. The summed E-state index contributed by atoms with van der Waals surface area (Å²) in [5.41, 5.74) is 4.85. The number of benzene rings is 1. The van der Waals surface area contributed by atoms with Crippen LogP contribution in [-0.4, -0.2) is 18.4 Å². The van der Waals surface area contributed by atoms with E-state index in [0.717, 1.165) is 12.3 Å². The van der Waals surface area contributed by atoms with Crippen LogP contribution in [0.1, 0.15) is 32.1 Å². The minimum atomic E-state index is -0.411. The number of fused-ring (bicyclic) bond motifs is 2. The molecule has 2 amide bonds. The molecule has 2 saturated carbocycles. The summed E-state index contributed by atoms with van der Waals surface area (Å²) < 4.78 is 5.31. The SMILES string of the molecule is O=C(COc1ccccc1Cl)NNC(=O)C[C@H]1C[C@H]2CC[C@@H]1C2. The third-order valence-electron chi connectivity index (χ3n) is 4.87. The molecule has 0 unspecified atom stereocenters. The van der Waals surface area contributed by atoms with Crippen LogP contribution in [0.15, 0.2) is 24.3 Å². The van der Waals surface area contributed by atoms with E-state index in [9.17, 15) is 9.59 Å². The molecule has 2 bridgehead atoms. The van der Waals surface area contributed by atoms with Crippen molar-refractivity contribution in [3.05, 3.63) is 29.3 Å². The number of rotatable bonds is 5. The summed E-state index contributed by atoms with van der Waals surface area (Å²) in [5.74, 6) is 1.89. The lowest BCUT2D eigenvalue weighted by molar-refractivity contribution is -0.130. The molecule has 124 valence electrons. The Bertz CT molecular complexity index is 593. The van der Waals surface area contributed by atoms with Gasteiger partial charge in [-0.25, -0.2) is 0 Å². The normalized spacial score (nSPS) is 25.2. The molecule has 2 aliphatic carbocycles. The van der Waals surface area contributed by atoms with Crippen LogP contribution in [0.2, 0.25) is 5.02 Å². The lowest BCUT2D eigenvalue weighted by atomic mass is 9.86. The van der Waals surface area contributed by atoms with Gasteiger partial charge in [-0.3, -0.25) is 20.4 Å². The Balaban J connectivity index is 1.35. The second kappa shape index (κ2) is 7.21. The fourth-order valence-electron chi connectivity index (χ4n) is 3.80. The molecule has 3 atom stereocenters. The number of amides is 2. The van der Waals surface area contributed by atoms with E-state index in [0.29, 0.717) is 29.0 Å². The molecule has 2 aliphatic rings. The van der Waals surface area contributed by atoms with Crippen LogP contribution in [-0.2, 0) is 9.59 Å². The lowest BCUT2D eigenvalue weighted by Crippen LogP contribution is -2.44. The number of halogens is 1. The molecule has 3 rings (SSSR count). The Hall–Kier alpha value is -1.75. The Labute approximate surface area is 140 Å². The number of hydrazine groups is 1. The molecule has 0 saturated heterocycles. The van der Waals surface area contributed by atoms with E-state index in [2.05, 4.69) is 10.9 Å². The second-order valence-corrected chi connectivity index (χ2v) is 6.86. The first-order chi connectivity index (χ1) is 11.1. The predicted octanol–water partition coefficient (Wildman–Crippen LogP) is 2.69. The van der Waals surface area contributed by atoms with E-state index < -0.39 is 5.91 Å². The van der Waals surface area contributed by atoms with Crippen molar-refractivity contribution in [3.8, 4) is 5.75 Å². The second-order valence-electron chi connectivity index (χ2n) is 6.45. The molecule has 0 heterocycles. The summed E-state index contributed by atoms with van der Waals surface area (Å²) in [6.45, 7) is -0.196. The molecule has 0 radical (unpaired) electrons. The van der Waals surface area contributed by atoms with Gasteiger partial charge in [0.2, 0.25) is 5.91 Å². The summed E-state index contributed by atoms with van der Waals surface area (Å²) in [5, 5.41) is 0.445. The molecule has 2 N–H and O–H groups in total. The molecule has 0 aliphatic heterocycles. The molecule has 1 aromatic rings. The summed E-state index contributed by atoms with van der Waals surface area (Å²) >= 11 is 5.93. The summed E-state index contributed by atoms with van der Waals surface area (Å²) in [6.07, 6.45) is 5.49. The Kier molecular flexibility index (Phi) is 5.06. The first-order valence-corrected chi connectivity index (χ1v) is 8.44. The number of para-hydroxylation sites is 1. The summed E-state index contributed by atoms with van der Waals surface area (Å²) in [6, 6.07) is 6.93. The van der Waals surface area contributed by atoms with Gasteiger partial charge < -0.3 is 4.74 Å². The van der Waals surface area contributed by atoms with Crippen molar-refractivity contribution in [1.29, 1.82) is 0 Å². The fourth-order valence-corrected chi connectivity index (χ4v) is 3.99. The average molecular weight is 337 g/mol. The van der Waals surface area contributed by atoms with E-state index in [-0.39, 0.29) is 12.5 Å². The van der Waals surface area contributed by atoms with Crippen LogP contribution >= 0.6 is 11.6 Å². The Morgan fingerprint density at radius 1 is 1.13 bits per heavy atom. The lowest BCUT2D eigenvalue weighted by Gasteiger charge is -2.20. The molecular weight excluding hydrogens is 316 g/mol. The first kappa shape index (κ1) is 16.1. The van der Waals surface area contributed by atoms with E-state index in [1.54, 1.807) is 24.3 Å². The van der Waals surface area contributed by atoms with Crippen LogP contribution in [0.3, 0.4) is 0 Å². The number of carbonyl (C=O) groups excluding carboxylic acids is 2. The third kappa shape index (κ3) is 4.16. The molecule has 23 heavy (non-hydrogen) atoms. The monoisotopic (exact) mass is 336 g/mol. The first-order valence-electron chi connectivity index (χ1n) is 8.07. The standard InChI is InChI=1S/C17H21ClN2O3/c18-14-3-1-2-4-15(14)23-10-17(22)20-19-16(21)9-13-8-11-5-6-12(13)7-11/h1-4,11-13H,5-10H2,(H,19,21)(H,20,22)/t11-,12+,13+/m0/s1. The minimum Gasteiger partial charge on any atom is -0.482 e. The van der Waals surface area contributed by atoms with Gasteiger partial charge in [0.25, 0.3) is 5.91 Å². The molecular formula is C17H21ClN2O3. The summed E-state index contributed by atoms with van der Waals surface area (Å²) in [7, 11) is 0. The smallest absolute Gasteiger partial charge is 0.276 e.